The van der Waals surface area contributed by atoms with Gasteiger partial charge >= 0.3 is 0 Å². The molecule has 1 amide bonds. The topological polar surface area (TPSA) is 55.6 Å². The molecule has 1 aliphatic heterocycles. The van der Waals surface area contributed by atoms with Crippen molar-refractivity contribution >= 4 is 17.5 Å². The molecule has 5 nitrogen and oxygen atoms in total. The third kappa shape index (κ3) is 2.20. The highest BCUT2D eigenvalue weighted by atomic mass is 35.5. The van der Waals surface area contributed by atoms with Crippen LogP contribution in [0.25, 0.3) is 0 Å². The molecule has 0 N–H and O–H groups in total. The minimum atomic E-state index is -0.145. The Balaban J connectivity index is 2.07. The van der Waals surface area contributed by atoms with E-state index >= 15 is 0 Å². The summed E-state index contributed by atoms with van der Waals surface area (Å²) in [4.78, 5) is 17.6. The van der Waals surface area contributed by atoms with Crippen molar-refractivity contribution in [2.45, 2.75) is 13.0 Å². The van der Waals surface area contributed by atoms with Gasteiger partial charge in [0.2, 0.25) is 5.76 Å². The molecule has 16 heavy (non-hydrogen) atoms. The molecule has 1 aromatic heterocycles. The van der Waals surface area contributed by atoms with E-state index in [2.05, 4.69) is 4.98 Å². The Kier molecular flexibility index (Phi) is 3.46. The number of carbonyl (C=O) groups is 1. The number of halogens is 1. The van der Waals surface area contributed by atoms with Gasteiger partial charge in [-0.15, -0.1) is 11.6 Å². The van der Waals surface area contributed by atoms with Gasteiger partial charge in [-0.1, -0.05) is 0 Å². The Hall–Kier alpha value is -1.07. The first-order chi connectivity index (χ1) is 7.72. The lowest BCUT2D eigenvalue weighted by Gasteiger charge is -2.31. The third-order valence-corrected chi connectivity index (χ3v) is 2.88. The number of nitrogens with zero attached hydrogens (tertiary/aromatic N) is 2. The van der Waals surface area contributed by atoms with Crippen molar-refractivity contribution in [1.82, 2.24) is 9.88 Å². The lowest BCUT2D eigenvalue weighted by Crippen LogP contribution is -2.46. The number of oxazole rings is 1. The molecule has 88 valence electrons. The number of aromatic nitrogens is 1. The van der Waals surface area contributed by atoms with Gasteiger partial charge in [0.05, 0.1) is 24.3 Å². The summed E-state index contributed by atoms with van der Waals surface area (Å²) in [5, 5.41) is 0. The highest BCUT2D eigenvalue weighted by molar-refractivity contribution is 6.18. The first kappa shape index (κ1) is 11.4. The van der Waals surface area contributed by atoms with Crippen molar-refractivity contribution in [3.8, 4) is 0 Å². The second-order valence-electron chi connectivity index (χ2n) is 3.67. The number of hydrogen-bond acceptors (Lipinski definition) is 4. The molecule has 2 heterocycles. The Morgan fingerprint density at radius 1 is 1.75 bits per heavy atom. The van der Waals surface area contributed by atoms with E-state index < -0.39 is 0 Å². The van der Waals surface area contributed by atoms with Crippen LogP contribution in [0.15, 0.2) is 10.8 Å². The summed E-state index contributed by atoms with van der Waals surface area (Å²) >= 11 is 5.71. The molecular weight excluding hydrogens is 232 g/mol. The fourth-order valence-corrected chi connectivity index (χ4v) is 1.83. The third-order valence-electron chi connectivity index (χ3n) is 2.54. The summed E-state index contributed by atoms with van der Waals surface area (Å²) in [6.07, 6.45) is 1.18. The van der Waals surface area contributed by atoms with Crippen LogP contribution in [0, 0.1) is 6.92 Å². The monoisotopic (exact) mass is 244 g/mol. The molecule has 0 saturated carbocycles. The Morgan fingerprint density at radius 2 is 2.56 bits per heavy atom. The molecular formula is C10H13ClN2O3. The summed E-state index contributed by atoms with van der Waals surface area (Å²) in [5.41, 5.74) is 0.610. The van der Waals surface area contributed by atoms with Crippen LogP contribution in [-0.2, 0) is 4.74 Å². The average Bonchev–Trinajstić information content (AvgIpc) is 2.74. The van der Waals surface area contributed by atoms with Crippen LogP contribution in [0.2, 0.25) is 0 Å². The van der Waals surface area contributed by atoms with Gasteiger partial charge in [-0.2, -0.15) is 0 Å². The van der Waals surface area contributed by atoms with Gasteiger partial charge in [-0.25, -0.2) is 4.98 Å². The maximum Gasteiger partial charge on any atom is 0.291 e. The molecule has 6 heteroatoms. The van der Waals surface area contributed by atoms with E-state index in [-0.39, 0.29) is 12.0 Å². The SMILES string of the molecule is Cc1ncoc1C(=O)N1CCOC(CCl)C1. The van der Waals surface area contributed by atoms with Crippen molar-refractivity contribution < 1.29 is 13.9 Å². The quantitative estimate of drug-likeness (QED) is 0.730. The van der Waals surface area contributed by atoms with E-state index in [1.165, 1.54) is 6.39 Å². The van der Waals surface area contributed by atoms with Crippen LogP contribution in [0.3, 0.4) is 0 Å². The maximum absolute atomic E-state index is 12.0. The fourth-order valence-electron chi connectivity index (χ4n) is 1.65. The van der Waals surface area contributed by atoms with Crippen molar-refractivity contribution in [3.05, 3.63) is 17.8 Å². The molecule has 0 radical (unpaired) electrons. The largest absolute Gasteiger partial charge is 0.438 e. The van der Waals surface area contributed by atoms with Crippen molar-refractivity contribution in [2.75, 3.05) is 25.6 Å². The van der Waals surface area contributed by atoms with Crippen molar-refractivity contribution in [3.63, 3.8) is 0 Å². The molecule has 1 saturated heterocycles. The second-order valence-corrected chi connectivity index (χ2v) is 3.97. The molecule has 1 atom stereocenters. The number of alkyl halides is 1. The van der Waals surface area contributed by atoms with Gasteiger partial charge in [-0.3, -0.25) is 4.79 Å². The zero-order chi connectivity index (χ0) is 11.5. The van der Waals surface area contributed by atoms with Crippen LogP contribution >= 0.6 is 11.6 Å². The van der Waals surface area contributed by atoms with E-state index in [1.807, 2.05) is 0 Å². The maximum atomic E-state index is 12.0. The number of ether oxygens (including phenoxy) is 1. The standard InChI is InChI=1S/C10H13ClN2O3/c1-7-9(16-6-12-7)10(14)13-2-3-15-8(4-11)5-13/h6,8H,2-5H2,1H3. The molecule has 0 aromatic carbocycles. The predicted molar refractivity (Wildman–Crippen MR) is 57.6 cm³/mol. The second kappa shape index (κ2) is 4.84. The molecule has 1 unspecified atom stereocenters. The van der Waals surface area contributed by atoms with E-state index in [0.717, 1.165) is 0 Å². The normalized spacial score (nSPS) is 21.1. The summed E-state index contributed by atoms with van der Waals surface area (Å²) in [6, 6.07) is 0. The summed E-state index contributed by atoms with van der Waals surface area (Å²) < 4.78 is 10.5. The zero-order valence-corrected chi connectivity index (χ0v) is 9.74. The van der Waals surface area contributed by atoms with E-state index in [0.29, 0.717) is 37.0 Å². The fraction of sp³-hybridized carbons (Fsp3) is 0.600. The molecule has 2 rings (SSSR count). The Morgan fingerprint density at radius 3 is 3.19 bits per heavy atom. The van der Waals surface area contributed by atoms with E-state index in [1.54, 1.807) is 11.8 Å². The van der Waals surface area contributed by atoms with Gasteiger partial charge in [0.15, 0.2) is 6.39 Å². The lowest BCUT2D eigenvalue weighted by molar-refractivity contribution is -0.0119. The number of carbonyl (C=O) groups excluding carboxylic acids is 1. The lowest BCUT2D eigenvalue weighted by atomic mass is 10.2. The van der Waals surface area contributed by atoms with E-state index in [4.69, 9.17) is 20.8 Å². The van der Waals surface area contributed by atoms with Crippen LogP contribution < -0.4 is 0 Å². The van der Waals surface area contributed by atoms with Gasteiger partial charge in [0.1, 0.15) is 0 Å². The zero-order valence-electron chi connectivity index (χ0n) is 8.98. The number of morpholine rings is 1. The van der Waals surface area contributed by atoms with Gasteiger partial charge in [0.25, 0.3) is 5.91 Å². The highest BCUT2D eigenvalue weighted by Crippen LogP contribution is 2.13. The molecule has 1 aromatic rings. The number of amides is 1. The number of hydrogen-bond donors (Lipinski definition) is 0. The smallest absolute Gasteiger partial charge is 0.291 e. The highest BCUT2D eigenvalue weighted by Gasteiger charge is 2.27. The van der Waals surface area contributed by atoms with E-state index in [9.17, 15) is 4.79 Å². The molecule has 0 spiro atoms. The van der Waals surface area contributed by atoms with Crippen LogP contribution in [-0.4, -0.2) is 47.5 Å². The predicted octanol–water partition coefficient (Wildman–Crippen LogP) is 1.06. The van der Waals surface area contributed by atoms with Crippen molar-refractivity contribution in [2.24, 2.45) is 0 Å². The number of rotatable bonds is 2. The van der Waals surface area contributed by atoms with Crippen LogP contribution in [0.4, 0.5) is 0 Å². The number of aryl methyl sites for hydroxylation is 1. The van der Waals surface area contributed by atoms with Crippen LogP contribution in [0.5, 0.6) is 0 Å². The summed E-state index contributed by atoms with van der Waals surface area (Å²) in [7, 11) is 0. The molecule has 1 fully saturated rings. The average molecular weight is 245 g/mol. The van der Waals surface area contributed by atoms with Crippen LogP contribution in [0.1, 0.15) is 16.2 Å². The van der Waals surface area contributed by atoms with Gasteiger partial charge in [0, 0.05) is 13.1 Å². The minimum absolute atomic E-state index is 0.0948. The van der Waals surface area contributed by atoms with Gasteiger partial charge < -0.3 is 14.1 Å². The Labute approximate surface area is 98.3 Å². The van der Waals surface area contributed by atoms with Crippen molar-refractivity contribution in [1.29, 1.82) is 0 Å². The molecule has 0 bridgehead atoms. The minimum Gasteiger partial charge on any atom is -0.438 e. The summed E-state index contributed by atoms with van der Waals surface area (Å²) in [5.74, 6) is 0.544. The first-order valence-corrected chi connectivity index (χ1v) is 5.62. The summed E-state index contributed by atoms with van der Waals surface area (Å²) in [6.45, 7) is 3.32. The molecule has 1 aliphatic rings. The Bertz CT molecular complexity index is 380. The molecule has 0 aliphatic carbocycles. The first-order valence-electron chi connectivity index (χ1n) is 5.09. The van der Waals surface area contributed by atoms with Gasteiger partial charge in [-0.05, 0) is 6.92 Å².